The van der Waals surface area contributed by atoms with Crippen LogP contribution in [-0.4, -0.2) is 44.4 Å². The molecule has 0 bridgehead atoms. The van der Waals surface area contributed by atoms with Gasteiger partial charge in [-0.15, -0.1) is 11.8 Å². The number of rotatable bonds is 12. The van der Waals surface area contributed by atoms with Crippen LogP contribution < -0.4 is 0 Å². The lowest BCUT2D eigenvalue weighted by Crippen LogP contribution is -2.47. The molecule has 0 radical (unpaired) electrons. The van der Waals surface area contributed by atoms with Crippen molar-refractivity contribution in [1.82, 2.24) is 0 Å². The Hall–Kier alpha value is -3.23. The predicted molar refractivity (Wildman–Crippen MR) is 178 cm³/mol. The summed E-state index contributed by atoms with van der Waals surface area (Å²) in [7, 11) is -2.16. The fourth-order valence-electron chi connectivity index (χ4n) is 5.45. The van der Waals surface area contributed by atoms with Crippen LogP contribution in [0, 0.1) is 23.2 Å². The largest absolute Gasteiger partial charge is 0.411 e. The molecule has 0 spiro atoms. The normalized spacial score (nSPS) is 19.5. The maximum Gasteiger partial charge on any atom is 0.192 e. The first-order valence-electron chi connectivity index (χ1n) is 15.7. The first kappa shape index (κ1) is 33.7. The average molecular weight is 610 g/mol. The third-order valence-electron chi connectivity index (χ3n) is 8.94. The van der Waals surface area contributed by atoms with Crippen LogP contribution >= 0.6 is 0 Å². The topological polar surface area (TPSA) is 71.7 Å². The Morgan fingerprint density at radius 1 is 0.864 bits per heavy atom. The van der Waals surface area contributed by atoms with Crippen molar-refractivity contribution in [1.29, 1.82) is 5.26 Å². The summed E-state index contributed by atoms with van der Waals surface area (Å²) in [5, 5.41) is 19.9. The summed E-state index contributed by atoms with van der Waals surface area (Å²) in [5.41, 5.74) is 2.21. The maximum absolute atomic E-state index is 11.1. The van der Waals surface area contributed by atoms with Crippen molar-refractivity contribution in [2.75, 3.05) is 6.61 Å². The summed E-state index contributed by atoms with van der Waals surface area (Å²) in [6, 6.07) is 33.1. The maximum atomic E-state index is 11.1. The standard InChI is InChI=1S/C38H47NO4Si/c1-37(2,3)44(4,5)43-35-28-34(33(40)26-18-7-6-8-19-27-39)42-36(35)29-41-38(30-20-12-9-13-21-30,31-22-14-10-15-23-31)32-24-16-11-17-25-32/h9-17,20-25,33-36,40H,6,8,19,26,28-29H2,1-5H3/t33-,34+,35+,36+/m1/s1. The quantitative estimate of drug-likeness (QED) is 0.0975. The Kier molecular flexibility index (Phi) is 11.6. The molecule has 1 aliphatic rings. The molecule has 1 fully saturated rings. The Labute approximate surface area is 265 Å². The Morgan fingerprint density at radius 3 is 1.86 bits per heavy atom. The Bertz CT molecular complexity index is 1310. The van der Waals surface area contributed by atoms with Gasteiger partial charge < -0.3 is 19.0 Å². The second-order valence-electron chi connectivity index (χ2n) is 13.1. The van der Waals surface area contributed by atoms with E-state index in [-0.39, 0.29) is 23.9 Å². The molecular formula is C38H47NO4Si. The van der Waals surface area contributed by atoms with Gasteiger partial charge in [0.1, 0.15) is 11.7 Å². The van der Waals surface area contributed by atoms with Crippen LogP contribution in [0.2, 0.25) is 18.1 Å². The van der Waals surface area contributed by atoms with E-state index in [9.17, 15) is 5.11 Å². The van der Waals surface area contributed by atoms with Crippen LogP contribution in [0.15, 0.2) is 91.0 Å². The predicted octanol–water partition coefficient (Wildman–Crippen LogP) is 7.99. The van der Waals surface area contributed by atoms with Gasteiger partial charge in [-0.25, -0.2) is 0 Å². The molecule has 1 N–H and O–H groups in total. The Morgan fingerprint density at radius 2 is 1.39 bits per heavy atom. The molecule has 6 heteroatoms. The summed E-state index contributed by atoms with van der Waals surface area (Å²) in [4.78, 5) is 0. The summed E-state index contributed by atoms with van der Waals surface area (Å²) in [6.07, 6.45) is 1.04. The van der Waals surface area contributed by atoms with E-state index in [0.717, 1.165) is 23.1 Å². The van der Waals surface area contributed by atoms with E-state index in [1.165, 1.54) is 0 Å². The van der Waals surface area contributed by atoms with E-state index in [0.29, 0.717) is 25.7 Å². The average Bonchev–Trinajstić information content (AvgIpc) is 3.42. The van der Waals surface area contributed by atoms with Gasteiger partial charge in [0.15, 0.2) is 8.32 Å². The van der Waals surface area contributed by atoms with Gasteiger partial charge >= 0.3 is 0 Å². The van der Waals surface area contributed by atoms with Crippen LogP contribution in [0.4, 0.5) is 0 Å². The van der Waals surface area contributed by atoms with Crippen molar-refractivity contribution in [2.45, 2.75) is 101 Å². The minimum absolute atomic E-state index is 0.0197. The highest BCUT2D eigenvalue weighted by atomic mass is 28.4. The monoisotopic (exact) mass is 609 g/mol. The number of unbranched alkanes of at least 4 members (excludes halogenated alkanes) is 2. The number of nitrogens with zero attached hydrogens (tertiary/aromatic N) is 1. The smallest absolute Gasteiger partial charge is 0.192 e. The van der Waals surface area contributed by atoms with E-state index >= 15 is 0 Å². The van der Waals surface area contributed by atoms with Crippen molar-refractivity contribution in [2.24, 2.45) is 0 Å². The van der Waals surface area contributed by atoms with Gasteiger partial charge in [-0.1, -0.05) is 112 Å². The number of nitriles is 1. The molecule has 1 aliphatic heterocycles. The molecule has 44 heavy (non-hydrogen) atoms. The number of hydrogen-bond donors (Lipinski definition) is 1. The minimum atomic E-state index is -2.16. The van der Waals surface area contributed by atoms with Crippen molar-refractivity contribution in [3.05, 3.63) is 108 Å². The van der Waals surface area contributed by atoms with Gasteiger partial charge in [0.2, 0.25) is 0 Å². The first-order chi connectivity index (χ1) is 21.1. The van der Waals surface area contributed by atoms with Crippen LogP contribution in [0.5, 0.6) is 0 Å². The van der Waals surface area contributed by atoms with Crippen LogP contribution in [0.25, 0.3) is 0 Å². The molecule has 1 saturated heterocycles. The number of benzene rings is 3. The molecule has 5 nitrogen and oxygen atoms in total. The van der Waals surface area contributed by atoms with Crippen LogP contribution in [-0.2, 0) is 19.5 Å². The van der Waals surface area contributed by atoms with Crippen molar-refractivity contribution in [3.63, 3.8) is 0 Å². The molecule has 0 aromatic heterocycles. The van der Waals surface area contributed by atoms with E-state index in [1.807, 2.05) is 54.6 Å². The molecule has 1 heterocycles. The SMILES string of the molecule is CC(C)(C)[Si](C)(C)O[C@H]1C[C@@H]([C@H](O)CC#CCCCC#N)O[C@H]1COC(c1ccccc1)(c1ccccc1)c1ccccc1. The van der Waals surface area contributed by atoms with Crippen molar-refractivity contribution >= 4 is 8.32 Å². The van der Waals surface area contributed by atoms with E-state index in [1.54, 1.807) is 0 Å². The fraction of sp³-hybridized carbons (Fsp3) is 0.447. The van der Waals surface area contributed by atoms with Gasteiger partial charge in [-0.05, 0) is 41.2 Å². The molecule has 0 aliphatic carbocycles. The minimum Gasteiger partial charge on any atom is -0.411 e. The van der Waals surface area contributed by atoms with Gasteiger partial charge in [0.25, 0.3) is 0 Å². The van der Waals surface area contributed by atoms with Crippen molar-refractivity contribution in [3.8, 4) is 17.9 Å². The second-order valence-corrected chi connectivity index (χ2v) is 17.8. The highest BCUT2D eigenvalue weighted by Crippen LogP contribution is 2.43. The molecule has 4 atom stereocenters. The van der Waals surface area contributed by atoms with E-state index in [2.05, 4.69) is 88.2 Å². The number of aliphatic hydroxyl groups is 1. The lowest BCUT2D eigenvalue weighted by Gasteiger charge is -2.40. The van der Waals surface area contributed by atoms with Gasteiger partial charge in [0.05, 0.1) is 31.0 Å². The third kappa shape index (κ3) is 8.07. The zero-order valence-corrected chi connectivity index (χ0v) is 27.8. The molecule has 3 aromatic rings. The Balaban J connectivity index is 1.65. The lowest BCUT2D eigenvalue weighted by molar-refractivity contribution is -0.0975. The highest BCUT2D eigenvalue weighted by molar-refractivity contribution is 6.74. The molecule has 0 amide bonds. The van der Waals surface area contributed by atoms with Gasteiger partial charge in [-0.3, -0.25) is 0 Å². The summed E-state index contributed by atoms with van der Waals surface area (Å²) >= 11 is 0. The first-order valence-corrected chi connectivity index (χ1v) is 18.6. The summed E-state index contributed by atoms with van der Waals surface area (Å²) < 4.78 is 20.7. The lowest BCUT2D eigenvalue weighted by atomic mass is 9.80. The van der Waals surface area contributed by atoms with E-state index < -0.39 is 26.1 Å². The summed E-state index contributed by atoms with van der Waals surface area (Å²) in [5.74, 6) is 6.18. The number of aliphatic hydroxyl groups excluding tert-OH is 1. The highest BCUT2D eigenvalue weighted by Gasteiger charge is 2.47. The number of hydrogen-bond acceptors (Lipinski definition) is 5. The molecular weight excluding hydrogens is 563 g/mol. The van der Waals surface area contributed by atoms with Gasteiger partial charge in [-0.2, -0.15) is 5.26 Å². The number of ether oxygens (including phenoxy) is 2. The molecule has 4 rings (SSSR count). The van der Waals surface area contributed by atoms with Crippen LogP contribution in [0.1, 0.15) is 69.6 Å². The molecule has 0 unspecified atom stereocenters. The zero-order chi connectivity index (χ0) is 31.6. The summed E-state index contributed by atoms with van der Waals surface area (Å²) in [6.45, 7) is 11.5. The zero-order valence-electron chi connectivity index (χ0n) is 26.8. The molecule has 232 valence electrons. The molecule has 0 saturated carbocycles. The fourth-order valence-corrected chi connectivity index (χ4v) is 6.81. The second kappa shape index (κ2) is 15.2. The van der Waals surface area contributed by atoms with E-state index in [4.69, 9.17) is 19.2 Å². The molecule has 3 aromatic carbocycles. The van der Waals surface area contributed by atoms with Crippen molar-refractivity contribution < 1.29 is 19.0 Å². The third-order valence-corrected chi connectivity index (χ3v) is 13.4. The van der Waals surface area contributed by atoms with Gasteiger partial charge in [0, 0.05) is 25.7 Å². The van der Waals surface area contributed by atoms with Crippen LogP contribution in [0.3, 0.4) is 0 Å².